The molecule has 0 saturated carbocycles. The molecule has 0 spiro atoms. The molecule has 0 bridgehead atoms. The summed E-state index contributed by atoms with van der Waals surface area (Å²) < 4.78 is 5.88. The van der Waals surface area contributed by atoms with Gasteiger partial charge >= 0.3 is 0 Å². The first-order valence-electron chi connectivity index (χ1n) is 7.23. The normalized spacial score (nSPS) is 21.4. The molecule has 1 atom stereocenters. The summed E-state index contributed by atoms with van der Waals surface area (Å²) in [4.78, 5) is 2.54. The standard InChI is InChI=1S/C15H26N2O/c1-4-16-10-14-9-15(18-13(14)3)11-17-8-6-5-7-12(17)2/h9,12,16H,4-8,10-11H2,1-3H3. The predicted molar refractivity (Wildman–Crippen MR) is 74.5 cm³/mol. The number of nitrogens with zero attached hydrogens (tertiary/aromatic N) is 1. The van der Waals surface area contributed by atoms with Gasteiger partial charge in [-0.15, -0.1) is 0 Å². The summed E-state index contributed by atoms with van der Waals surface area (Å²) in [6.45, 7) is 10.6. The van der Waals surface area contributed by atoms with Gasteiger partial charge < -0.3 is 9.73 Å². The third-order valence-corrected chi connectivity index (χ3v) is 3.94. The first kappa shape index (κ1) is 13.6. The highest BCUT2D eigenvalue weighted by molar-refractivity contribution is 5.20. The van der Waals surface area contributed by atoms with E-state index in [1.54, 1.807) is 0 Å². The second-order valence-electron chi connectivity index (χ2n) is 5.39. The zero-order chi connectivity index (χ0) is 13.0. The Kier molecular flexibility index (Phi) is 4.84. The highest BCUT2D eigenvalue weighted by Crippen LogP contribution is 2.21. The third-order valence-electron chi connectivity index (χ3n) is 3.94. The molecule has 1 N–H and O–H groups in total. The van der Waals surface area contributed by atoms with E-state index in [9.17, 15) is 0 Å². The van der Waals surface area contributed by atoms with Crippen LogP contribution in [0.15, 0.2) is 10.5 Å². The van der Waals surface area contributed by atoms with Crippen molar-refractivity contribution in [1.29, 1.82) is 0 Å². The van der Waals surface area contributed by atoms with Gasteiger partial charge in [-0.05, 0) is 45.8 Å². The Balaban J connectivity index is 1.96. The van der Waals surface area contributed by atoms with E-state index in [0.29, 0.717) is 6.04 Å². The van der Waals surface area contributed by atoms with Gasteiger partial charge in [-0.3, -0.25) is 4.90 Å². The minimum atomic E-state index is 0.696. The Morgan fingerprint density at radius 3 is 3.00 bits per heavy atom. The van der Waals surface area contributed by atoms with Crippen molar-refractivity contribution in [3.8, 4) is 0 Å². The number of likely N-dealkylation sites (tertiary alicyclic amines) is 1. The Hall–Kier alpha value is -0.800. The number of aryl methyl sites for hydroxylation is 1. The molecule has 3 heteroatoms. The molecule has 1 saturated heterocycles. The van der Waals surface area contributed by atoms with Gasteiger partial charge in [0.15, 0.2) is 0 Å². The van der Waals surface area contributed by atoms with E-state index in [1.165, 1.54) is 31.4 Å². The van der Waals surface area contributed by atoms with Gasteiger partial charge in [-0.2, -0.15) is 0 Å². The first-order valence-corrected chi connectivity index (χ1v) is 7.23. The lowest BCUT2D eigenvalue weighted by atomic mass is 10.0. The summed E-state index contributed by atoms with van der Waals surface area (Å²) in [6, 6.07) is 2.92. The van der Waals surface area contributed by atoms with E-state index >= 15 is 0 Å². The lowest BCUT2D eigenvalue weighted by Crippen LogP contribution is -2.36. The van der Waals surface area contributed by atoms with Crippen molar-refractivity contribution in [3.05, 3.63) is 23.2 Å². The van der Waals surface area contributed by atoms with Crippen LogP contribution in [-0.2, 0) is 13.1 Å². The average molecular weight is 250 g/mol. The fourth-order valence-electron chi connectivity index (χ4n) is 2.69. The smallest absolute Gasteiger partial charge is 0.118 e. The molecule has 1 aliphatic heterocycles. The van der Waals surface area contributed by atoms with Crippen molar-refractivity contribution in [2.45, 2.75) is 59.2 Å². The van der Waals surface area contributed by atoms with Gasteiger partial charge in [-0.1, -0.05) is 13.3 Å². The Bertz CT molecular complexity index is 373. The number of hydrogen-bond donors (Lipinski definition) is 1. The number of piperidine rings is 1. The molecule has 0 aliphatic carbocycles. The van der Waals surface area contributed by atoms with Crippen LogP contribution in [0.1, 0.15) is 50.2 Å². The van der Waals surface area contributed by atoms with E-state index in [0.717, 1.165) is 31.2 Å². The summed E-state index contributed by atoms with van der Waals surface area (Å²) in [5.41, 5.74) is 1.30. The summed E-state index contributed by atoms with van der Waals surface area (Å²) in [5, 5.41) is 3.36. The van der Waals surface area contributed by atoms with Crippen LogP contribution < -0.4 is 5.32 Å². The average Bonchev–Trinajstić information content (AvgIpc) is 2.70. The molecule has 1 aliphatic rings. The monoisotopic (exact) mass is 250 g/mol. The predicted octanol–water partition coefficient (Wildman–Crippen LogP) is 3.07. The number of hydrogen-bond acceptors (Lipinski definition) is 3. The summed E-state index contributed by atoms with van der Waals surface area (Å²) in [7, 11) is 0. The largest absolute Gasteiger partial charge is 0.465 e. The zero-order valence-electron chi connectivity index (χ0n) is 12.0. The molecule has 1 aromatic rings. The van der Waals surface area contributed by atoms with E-state index < -0.39 is 0 Å². The van der Waals surface area contributed by atoms with Gasteiger partial charge in [0.05, 0.1) is 6.54 Å². The molecule has 3 nitrogen and oxygen atoms in total. The molecule has 2 heterocycles. The summed E-state index contributed by atoms with van der Waals surface area (Å²) >= 11 is 0. The quantitative estimate of drug-likeness (QED) is 0.870. The van der Waals surface area contributed by atoms with Crippen LogP contribution in [0.2, 0.25) is 0 Å². The topological polar surface area (TPSA) is 28.4 Å². The molecule has 0 radical (unpaired) electrons. The van der Waals surface area contributed by atoms with Crippen molar-refractivity contribution in [3.63, 3.8) is 0 Å². The molecule has 102 valence electrons. The van der Waals surface area contributed by atoms with Crippen LogP contribution in [0, 0.1) is 6.92 Å². The van der Waals surface area contributed by atoms with Gasteiger partial charge in [0.1, 0.15) is 11.5 Å². The van der Waals surface area contributed by atoms with E-state index in [-0.39, 0.29) is 0 Å². The lowest BCUT2D eigenvalue weighted by Gasteiger charge is -2.32. The lowest BCUT2D eigenvalue weighted by molar-refractivity contribution is 0.141. The number of nitrogens with one attached hydrogen (secondary N) is 1. The second-order valence-corrected chi connectivity index (χ2v) is 5.39. The van der Waals surface area contributed by atoms with Gasteiger partial charge in [0, 0.05) is 18.2 Å². The Labute approximate surface area is 111 Å². The van der Waals surface area contributed by atoms with Crippen LogP contribution >= 0.6 is 0 Å². The molecule has 1 fully saturated rings. The fraction of sp³-hybridized carbons (Fsp3) is 0.733. The first-order chi connectivity index (χ1) is 8.70. The molecule has 0 amide bonds. The number of furan rings is 1. The summed E-state index contributed by atoms with van der Waals surface area (Å²) in [6.07, 6.45) is 4.03. The van der Waals surface area contributed by atoms with Crippen molar-refractivity contribution < 1.29 is 4.42 Å². The maximum absolute atomic E-state index is 5.88. The Morgan fingerprint density at radius 1 is 1.44 bits per heavy atom. The maximum atomic E-state index is 5.88. The van der Waals surface area contributed by atoms with Gasteiger partial charge in [0.2, 0.25) is 0 Å². The molecule has 2 rings (SSSR count). The minimum Gasteiger partial charge on any atom is -0.465 e. The zero-order valence-corrected chi connectivity index (χ0v) is 12.0. The maximum Gasteiger partial charge on any atom is 0.118 e. The molecule has 18 heavy (non-hydrogen) atoms. The summed E-state index contributed by atoms with van der Waals surface area (Å²) in [5.74, 6) is 2.18. The van der Waals surface area contributed by atoms with Crippen LogP contribution in [0.25, 0.3) is 0 Å². The van der Waals surface area contributed by atoms with Gasteiger partial charge in [-0.25, -0.2) is 0 Å². The van der Waals surface area contributed by atoms with Crippen molar-refractivity contribution in [2.24, 2.45) is 0 Å². The van der Waals surface area contributed by atoms with E-state index in [1.807, 2.05) is 0 Å². The van der Waals surface area contributed by atoms with E-state index in [4.69, 9.17) is 4.42 Å². The van der Waals surface area contributed by atoms with Crippen molar-refractivity contribution >= 4 is 0 Å². The highest BCUT2D eigenvalue weighted by atomic mass is 16.3. The van der Waals surface area contributed by atoms with E-state index in [2.05, 4.69) is 37.1 Å². The van der Waals surface area contributed by atoms with Crippen LogP contribution in [0.4, 0.5) is 0 Å². The second kappa shape index (κ2) is 6.39. The fourth-order valence-corrected chi connectivity index (χ4v) is 2.69. The Morgan fingerprint density at radius 2 is 2.28 bits per heavy atom. The van der Waals surface area contributed by atoms with Crippen molar-refractivity contribution in [2.75, 3.05) is 13.1 Å². The van der Waals surface area contributed by atoms with Crippen molar-refractivity contribution in [1.82, 2.24) is 10.2 Å². The SMILES string of the molecule is CCNCc1cc(CN2CCCCC2C)oc1C. The van der Waals surface area contributed by atoms with Gasteiger partial charge in [0.25, 0.3) is 0 Å². The molecule has 0 aromatic carbocycles. The van der Waals surface area contributed by atoms with Crippen LogP contribution in [0.3, 0.4) is 0 Å². The molecule has 1 aromatic heterocycles. The van der Waals surface area contributed by atoms with Crippen LogP contribution in [0.5, 0.6) is 0 Å². The number of rotatable bonds is 5. The van der Waals surface area contributed by atoms with Crippen LogP contribution in [-0.4, -0.2) is 24.0 Å². The third kappa shape index (κ3) is 3.36. The minimum absolute atomic E-state index is 0.696. The molecule has 1 unspecified atom stereocenters. The highest BCUT2D eigenvalue weighted by Gasteiger charge is 2.19. The molecular weight excluding hydrogens is 224 g/mol. The molecular formula is C15H26N2O.